The van der Waals surface area contributed by atoms with Crippen molar-refractivity contribution in [2.45, 2.75) is 32.4 Å². The van der Waals surface area contributed by atoms with Gasteiger partial charge in [0, 0.05) is 25.0 Å². The van der Waals surface area contributed by atoms with E-state index in [0.29, 0.717) is 31.1 Å². The van der Waals surface area contributed by atoms with Gasteiger partial charge in [0.2, 0.25) is 0 Å². The van der Waals surface area contributed by atoms with Crippen LogP contribution in [0.3, 0.4) is 0 Å². The Balaban J connectivity index is 2.14. The minimum absolute atomic E-state index is 0.0334. The van der Waals surface area contributed by atoms with E-state index in [0.717, 1.165) is 6.54 Å². The van der Waals surface area contributed by atoms with Crippen molar-refractivity contribution in [1.82, 2.24) is 15.1 Å². The minimum Gasteiger partial charge on any atom is -0.493 e. The Morgan fingerprint density at radius 3 is 3.05 bits per heavy atom. The van der Waals surface area contributed by atoms with Crippen molar-refractivity contribution < 1.29 is 14.3 Å². The third-order valence-corrected chi connectivity index (χ3v) is 3.17. The number of hydrogen-bond donors (Lipinski definition) is 1. The molecule has 6 heteroatoms. The van der Waals surface area contributed by atoms with Crippen molar-refractivity contribution in [3.8, 4) is 5.75 Å². The molecule has 0 amide bonds. The smallest absolute Gasteiger partial charge is 0.186 e. The lowest BCUT2D eigenvalue weighted by Crippen LogP contribution is -2.42. The average molecular weight is 267 g/mol. The van der Waals surface area contributed by atoms with Gasteiger partial charge < -0.3 is 14.8 Å². The molecule has 0 aliphatic carbocycles. The van der Waals surface area contributed by atoms with Crippen LogP contribution in [0.25, 0.3) is 0 Å². The molecule has 2 heterocycles. The highest BCUT2D eigenvalue weighted by molar-refractivity contribution is 5.97. The number of rotatable bonds is 5. The molecule has 0 bridgehead atoms. The van der Waals surface area contributed by atoms with E-state index in [9.17, 15) is 4.79 Å². The number of ether oxygens (including phenoxy) is 2. The quantitative estimate of drug-likeness (QED) is 0.807. The van der Waals surface area contributed by atoms with Crippen molar-refractivity contribution in [2.75, 3.05) is 26.9 Å². The number of hydrogen-bond acceptors (Lipinski definition) is 5. The lowest BCUT2D eigenvalue weighted by atomic mass is 10.1. The summed E-state index contributed by atoms with van der Waals surface area (Å²) < 4.78 is 12.3. The number of methoxy groups -OCH3 is 1. The molecule has 1 aliphatic heterocycles. The van der Waals surface area contributed by atoms with Crippen LogP contribution in [0.2, 0.25) is 0 Å². The number of nitrogens with zero attached hydrogens (tertiary/aromatic N) is 2. The predicted octanol–water partition coefficient (Wildman–Crippen LogP) is 1.03. The Kier molecular flexibility index (Phi) is 4.55. The van der Waals surface area contributed by atoms with E-state index in [1.54, 1.807) is 18.0 Å². The maximum Gasteiger partial charge on any atom is 0.186 e. The number of Topliss-reactive ketones (excluding diaryl/α,β-unsaturated/α-hetero) is 1. The van der Waals surface area contributed by atoms with Gasteiger partial charge in [-0.3, -0.25) is 9.48 Å². The largest absolute Gasteiger partial charge is 0.493 e. The Labute approximate surface area is 113 Å². The molecule has 1 N–H and O–H groups in total. The highest BCUT2D eigenvalue weighted by atomic mass is 16.5. The molecule has 19 heavy (non-hydrogen) atoms. The summed E-state index contributed by atoms with van der Waals surface area (Å²) >= 11 is 0. The first-order valence-electron chi connectivity index (χ1n) is 6.59. The zero-order valence-corrected chi connectivity index (χ0v) is 11.7. The molecule has 0 spiro atoms. The van der Waals surface area contributed by atoms with Crippen molar-refractivity contribution in [2.24, 2.45) is 0 Å². The molecule has 1 aliphatic rings. The minimum atomic E-state index is 0.0334. The van der Waals surface area contributed by atoms with Crippen molar-refractivity contribution >= 4 is 5.78 Å². The van der Waals surface area contributed by atoms with Crippen LogP contribution < -0.4 is 10.1 Å². The molecule has 1 unspecified atom stereocenters. The van der Waals surface area contributed by atoms with Crippen LogP contribution in [0.5, 0.6) is 5.75 Å². The number of ketones is 1. The second-order valence-corrected chi connectivity index (χ2v) is 4.95. The van der Waals surface area contributed by atoms with Crippen LogP contribution in [0, 0.1) is 0 Å². The summed E-state index contributed by atoms with van der Waals surface area (Å²) in [5.74, 6) is 0.571. The van der Waals surface area contributed by atoms with Crippen molar-refractivity contribution in [1.29, 1.82) is 0 Å². The summed E-state index contributed by atoms with van der Waals surface area (Å²) in [7, 11) is 1.56. The topological polar surface area (TPSA) is 65.4 Å². The van der Waals surface area contributed by atoms with E-state index in [1.165, 1.54) is 0 Å². The fourth-order valence-electron chi connectivity index (χ4n) is 2.22. The lowest BCUT2D eigenvalue weighted by molar-refractivity contribution is 0.0670. The third-order valence-electron chi connectivity index (χ3n) is 3.17. The monoisotopic (exact) mass is 267 g/mol. The van der Waals surface area contributed by atoms with Crippen molar-refractivity contribution in [3.63, 3.8) is 0 Å². The molecule has 1 atom stereocenters. The van der Waals surface area contributed by atoms with Crippen LogP contribution in [0.15, 0.2) is 6.20 Å². The summed E-state index contributed by atoms with van der Waals surface area (Å²) in [5.41, 5.74) is 0.546. The van der Waals surface area contributed by atoms with Crippen LogP contribution >= 0.6 is 0 Å². The molecule has 0 saturated carbocycles. The maximum atomic E-state index is 12.4. The normalized spacial score (nSPS) is 19.7. The Hall–Kier alpha value is -1.40. The van der Waals surface area contributed by atoms with Gasteiger partial charge in [0.15, 0.2) is 11.5 Å². The van der Waals surface area contributed by atoms with Gasteiger partial charge in [0.05, 0.1) is 26.5 Å². The fourth-order valence-corrected chi connectivity index (χ4v) is 2.22. The summed E-state index contributed by atoms with van der Waals surface area (Å²) in [4.78, 5) is 12.4. The zero-order valence-electron chi connectivity index (χ0n) is 11.7. The first-order valence-corrected chi connectivity index (χ1v) is 6.59. The lowest BCUT2D eigenvalue weighted by Gasteiger charge is -2.23. The molecular formula is C13H21N3O3. The number of carbonyl (C=O) groups excluding carboxylic acids is 1. The second kappa shape index (κ2) is 6.16. The third kappa shape index (κ3) is 3.13. The standard InChI is InChI=1S/C13H21N3O3/c1-9(2)16-13(12(18-3)7-15-16)11(17)6-10-8-19-5-4-14-10/h7,9-10,14H,4-6,8H2,1-3H3. The second-order valence-electron chi connectivity index (χ2n) is 4.95. The molecule has 106 valence electrons. The van der Waals surface area contributed by atoms with Gasteiger partial charge in [0.25, 0.3) is 0 Å². The van der Waals surface area contributed by atoms with Gasteiger partial charge in [-0.2, -0.15) is 5.10 Å². The summed E-state index contributed by atoms with van der Waals surface area (Å²) in [5, 5.41) is 7.50. The SMILES string of the molecule is COc1cnn(C(C)C)c1C(=O)CC1COCCN1. The predicted molar refractivity (Wildman–Crippen MR) is 70.7 cm³/mol. The van der Waals surface area contributed by atoms with E-state index in [4.69, 9.17) is 9.47 Å². The van der Waals surface area contributed by atoms with E-state index in [2.05, 4.69) is 10.4 Å². The molecule has 1 saturated heterocycles. The number of aromatic nitrogens is 2. The molecule has 1 aromatic heterocycles. The Bertz CT molecular complexity index is 436. The maximum absolute atomic E-state index is 12.4. The number of nitrogens with one attached hydrogen (secondary N) is 1. The van der Waals surface area contributed by atoms with E-state index in [1.807, 2.05) is 13.8 Å². The van der Waals surface area contributed by atoms with Gasteiger partial charge in [0.1, 0.15) is 5.69 Å². The van der Waals surface area contributed by atoms with Crippen LogP contribution in [-0.2, 0) is 4.74 Å². The molecular weight excluding hydrogens is 246 g/mol. The Morgan fingerprint density at radius 1 is 1.68 bits per heavy atom. The Morgan fingerprint density at radius 2 is 2.47 bits per heavy atom. The molecule has 1 fully saturated rings. The highest BCUT2D eigenvalue weighted by Crippen LogP contribution is 2.23. The van der Waals surface area contributed by atoms with Crippen LogP contribution in [-0.4, -0.2) is 48.5 Å². The first kappa shape index (κ1) is 14.0. The van der Waals surface area contributed by atoms with Gasteiger partial charge in [-0.15, -0.1) is 0 Å². The van der Waals surface area contributed by atoms with Gasteiger partial charge in [-0.1, -0.05) is 0 Å². The molecule has 0 radical (unpaired) electrons. The van der Waals surface area contributed by atoms with E-state index >= 15 is 0 Å². The van der Waals surface area contributed by atoms with Gasteiger partial charge in [-0.05, 0) is 13.8 Å². The van der Waals surface area contributed by atoms with Crippen molar-refractivity contribution in [3.05, 3.63) is 11.9 Å². The summed E-state index contributed by atoms with van der Waals surface area (Å²) in [6, 6.07) is 0.194. The fraction of sp³-hybridized carbons (Fsp3) is 0.692. The number of morpholine rings is 1. The van der Waals surface area contributed by atoms with Gasteiger partial charge in [-0.25, -0.2) is 0 Å². The van der Waals surface area contributed by atoms with Gasteiger partial charge >= 0.3 is 0 Å². The summed E-state index contributed by atoms with van der Waals surface area (Å²) in [6.07, 6.45) is 1.99. The molecule has 0 aromatic carbocycles. The average Bonchev–Trinajstić information content (AvgIpc) is 2.83. The van der Waals surface area contributed by atoms with E-state index in [-0.39, 0.29) is 17.9 Å². The molecule has 6 nitrogen and oxygen atoms in total. The van der Waals surface area contributed by atoms with Crippen LogP contribution in [0.1, 0.15) is 36.8 Å². The highest BCUT2D eigenvalue weighted by Gasteiger charge is 2.24. The first-order chi connectivity index (χ1) is 9.13. The molecule has 2 rings (SSSR count). The zero-order chi connectivity index (χ0) is 13.8. The summed E-state index contributed by atoms with van der Waals surface area (Å²) in [6.45, 7) is 6.05. The van der Waals surface area contributed by atoms with E-state index < -0.39 is 0 Å². The number of carbonyl (C=O) groups is 1. The molecule has 1 aromatic rings. The van der Waals surface area contributed by atoms with Crippen LogP contribution in [0.4, 0.5) is 0 Å².